The molecular weight excluding hydrogens is 267 g/mol. The summed E-state index contributed by atoms with van der Waals surface area (Å²) in [5.41, 5.74) is 7.05. The minimum Gasteiger partial charge on any atom is -0.330 e. The molecule has 6 heteroatoms. The molecule has 20 heavy (non-hydrogen) atoms. The van der Waals surface area contributed by atoms with Gasteiger partial charge in [0.25, 0.3) is 0 Å². The largest absolute Gasteiger partial charge is 0.416 e. The van der Waals surface area contributed by atoms with Crippen LogP contribution in [-0.4, -0.2) is 16.3 Å². The maximum absolute atomic E-state index is 12.7. The van der Waals surface area contributed by atoms with Crippen molar-refractivity contribution in [2.75, 3.05) is 6.54 Å². The Kier molecular flexibility index (Phi) is 4.13. The summed E-state index contributed by atoms with van der Waals surface area (Å²) < 4.78 is 39.7. The van der Waals surface area contributed by atoms with Crippen LogP contribution in [0.2, 0.25) is 0 Å². The monoisotopic (exact) mass is 283 g/mol. The molecule has 2 aromatic rings. The number of hydrogen-bond donors (Lipinski definition) is 1. The first-order chi connectivity index (χ1) is 9.43. The summed E-state index contributed by atoms with van der Waals surface area (Å²) in [4.78, 5) is 0. The van der Waals surface area contributed by atoms with Gasteiger partial charge in [0.15, 0.2) is 0 Å². The molecule has 0 unspecified atom stereocenters. The molecule has 0 fully saturated rings. The zero-order valence-electron chi connectivity index (χ0n) is 11.1. The minimum atomic E-state index is -4.35. The van der Waals surface area contributed by atoms with E-state index < -0.39 is 11.7 Å². The van der Waals surface area contributed by atoms with Crippen molar-refractivity contribution < 1.29 is 13.2 Å². The third kappa shape index (κ3) is 3.01. The van der Waals surface area contributed by atoms with Crippen LogP contribution in [0.15, 0.2) is 30.5 Å². The van der Waals surface area contributed by atoms with E-state index in [4.69, 9.17) is 5.73 Å². The molecule has 0 aliphatic carbocycles. The maximum atomic E-state index is 12.7. The van der Waals surface area contributed by atoms with Crippen molar-refractivity contribution in [1.29, 1.82) is 0 Å². The highest BCUT2D eigenvalue weighted by Crippen LogP contribution is 2.30. The molecule has 0 bridgehead atoms. The molecule has 1 heterocycles. The van der Waals surface area contributed by atoms with Gasteiger partial charge in [-0.1, -0.05) is 6.07 Å². The highest BCUT2D eigenvalue weighted by atomic mass is 19.4. The Morgan fingerprint density at radius 3 is 2.70 bits per heavy atom. The Morgan fingerprint density at radius 2 is 2.05 bits per heavy atom. The average molecular weight is 283 g/mol. The lowest BCUT2D eigenvalue weighted by Crippen LogP contribution is -2.07. The van der Waals surface area contributed by atoms with Gasteiger partial charge in [0.2, 0.25) is 0 Å². The van der Waals surface area contributed by atoms with Gasteiger partial charge in [0, 0.05) is 5.69 Å². The van der Waals surface area contributed by atoms with E-state index >= 15 is 0 Å². The van der Waals surface area contributed by atoms with Crippen molar-refractivity contribution in [1.82, 2.24) is 9.78 Å². The molecule has 0 spiro atoms. The van der Waals surface area contributed by atoms with Crippen LogP contribution in [0.1, 0.15) is 23.2 Å². The van der Waals surface area contributed by atoms with Crippen molar-refractivity contribution in [3.8, 4) is 5.69 Å². The molecule has 1 aromatic carbocycles. The predicted octanol–water partition coefficient (Wildman–Crippen LogP) is 3.09. The first-order valence-corrected chi connectivity index (χ1v) is 6.34. The second kappa shape index (κ2) is 5.66. The molecule has 2 N–H and O–H groups in total. The van der Waals surface area contributed by atoms with E-state index in [2.05, 4.69) is 5.10 Å². The molecule has 0 saturated heterocycles. The summed E-state index contributed by atoms with van der Waals surface area (Å²) in [5.74, 6) is 0. The van der Waals surface area contributed by atoms with E-state index in [-0.39, 0.29) is 0 Å². The first kappa shape index (κ1) is 14.6. The van der Waals surface area contributed by atoms with Gasteiger partial charge in [-0.25, -0.2) is 4.68 Å². The van der Waals surface area contributed by atoms with Crippen molar-refractivity contribution in [2.45, 2.75) is 25.9 Å². The Balaban J connectivity index is 2.35. The zero-order valence-corrected chi connectivity index (χ0v) is 11.1. The molecule has 0 radical (unpaired) electrons. The maximum Gasteiger partial charge on any atom is 0.416 e. The fraction of sp³-hybridized carbons (Fsp3) is 0.357. The van der Waals surface area contributed by atoms with E-state index in [1.807, 2.05) is 6.92 Å². The number of halogens is 3. The van der Waals surface area contributed by atoms with Crippen molar-refractivity contribution in [3.63, 3.8) is 0 Å². The number of nitrogens with zero attached hydrogens (tertiary/aromatic N) is 2. The van der Waals surface area contributed by atoms with Gasteiger partial charge in [0.05, 0.1) is 17.4 Å². The number of aromatic nitrogens is 2. The molecule has 2 rings (SSSR count). The van der Waals surface area contributed by atoms with Gasteiger partial charge < -0.3 is 5.73 Å². The predicted molar refractivity (Wildman–Crippen MR) is 70.7 cm³/mol. The lowest BCUT2D eigenvalue weighted by Gasteiger charge is -2.10. The Morgan fingerprint density at radius 1 is 1.30 bits per heavy atom. The zero-order chi connectivity index (χ0) is 14.8. The summed E-state index contributed by atoms with van der Waals surface area (Å²) in [7, 11) is 0. The normalized spacial score (nSPS) is 11.8. The molecule has 0 atom stereocenters. The fourth-order valence-electron chi connectivity index (χ4n) is 2.06. The van der Waals surface area contributed by atoms with Crippen molar-refractivity contribution in [2.24, 2.45) is 5.73 Å². The van der Waals surface area contributed by atoms with Gasteiger partial charge in [0.1, 0.15) is 0 Å². The molecule has 0 aliphatic rings. The number of benzene rings is 1. The van der Waals surface area contributed by atoms with Crippen LogP contribution >= 0.6 is 0 Å². The number of alkyl halides is 3. The quantitative estimate of drug-likeness (QED) is 0.937. The standard InChI is InChI=1S/C14H16F3N3/c1-10-11(4-3-7-18)9-19-20(10)13-6-2-5-12(8-13)14(15,16)17/h2,5-6,8-9H,3-4,7,18H2,1H3. The number of nitrogens with two attached hydrogens (primary N) is 1. The van der Waals surface area contributed by atoms with E-state index in [9.17, 15) is 13.2 Å². The van der Waals surface area contributed by atoms with Crippen LogP contribution in [-0.2, 0) is 12.6 Å². The summed E-state index contributed by atoms with van der Waals surface area (Å²) in [6.07, 6.45) is -1.05. The van der Waals surface area contributed by atoms with Crippen LogP contribution in [0.5, 0.6) is 0 Å². The SMILES string of the molecule is Cc1c(CCCN)cnn1-c1cccc(C(F)(F)F)c1. The van der Waals surface area contributed by atoms with Crippen LogP contribution in [0.25, 0.3) is 5.69 Å². The van der Waals surface area contributed by atoms with Gasteiger partial charge in [-0.05, 0) is 50.1 Å². The highest BCUT2D eigenvalue weighted by molar-refractivity contribution is 5.39. The number of hydrogen-bond acceptors (Lipinski definition) is 2. The lowest BCUT2D eigenvalue weighted by molar-refractivity contribution is -0.137. The minimum absolute atomic E-state index is 0.413. The Hall–Kier alpha value is -1.82. The van der Waals surface area contributed by atoms with Gasteiger partial charge >= 0.3 is 6.18 Å². The topological polar surface area (TPSA) is 43.8 Å². The summed E-state index contributed by atoms with van der Waals surface area (Å²) in [5, 5.41) is 4.17. The summed E-state index contributed by atoms with van der Waals surface area (Å²) in [6, 6.07) is 5.16. The average Bonchev–Trinajstić information content (AvgIpc) is 2.77. The Bertz CT molecular complexity index is 588. The fourth-order valence-corrected chi connectivity index (χ4v) is 2.06. The van der Waals surface area contributed by atoms with Crippen LogP contribution < -0.4 is 5.73 Å². The van der Waals surface area contributed by atoms with Gasteiger partial charge in [-0.15, -0.1) is 0 Å². The second-order valence-electron chi connectivity index (χ2n) is 4.61. The molecule has 0 saturated carbocycles. The van der Waals surface area contributed by atoms with Gasteiger partial charge in [-0.2, -0.15) is 18.3 Å². The Labute approximate surface area is 115 Å². The molecule has 1 aromatic heterocycles. The van der Waals surface area contributed by atoms with Gasteiger partial charge in [-0.3, -0.25) is 0 Å². The molecule has 0 amide bonds. The van der Waals surface area contributed by atoms with E-state index in [0.717, 1.165) is 36.2 Å². The molecule has 3 nitrogen and oxygen atoms in total. The van der Waals surface area contributed by atoms with E-state index in [1.165, 1.54) is 10.7 Å². The summed E-state index contributed by atoms with van der Waals surface area (Å²) >= 11 is 0. The van der Waals surface area contributed by atoms with Crippen LogP contribution in [0, 0.1) is 6.92 Å². The second-order valence-corrected chi connectivity index (χ2v) is 4.61. The molecule has 108 valence electrons. The summed E-state index contributed by atoms with van der Waals surface area (Å²) in [6.45, 7) is 2.42. The highest BCUT2D eigenvalue weighted by Gasteiger charge is 2.30. The first-order valence-electron chi connectivity index (χ1n) is 6.34. The third-order valence-corrected chi connectivity index (χ3v) is 3.18. The third-order valence-electron chi connectivity index (χ3n) is 3.18. The lowest BCUT2D eigenvalue weighted by atomic mass is 10.1. The molecule has 0 aliphatic heterocycles. The van der Waals surface area contributed by atoms with E-state index in [1.54, 1.807) is 12.3 Å². The van der Waals surface area contributed by atoms with Crippen LogP contribution in [0.3, 0.4) is 0 Å². The number of rotatable bonds is 4. The smallest absolute Gasteiger partial charge is 0.330 e. The van der Waals surface area contributed by atoms with E-state index in [0.29, 0.717) is 12.2 Å². The van der Waals surface area contributed by atoms with Crippen molar-refractivity contribution >= 4 is 0 Å². The van der Waals surface area contributed by atoms with Crippen LogP contribution in [0.4, 0.5) is 13.2 Å². The molecular formula is C14H16F3N3. The van der Waals surface area contributed by atoms with Crippen molar-refractivity contribution in [3.05, 3.63) is 47.3 Å². The number of aryl methyl sites for hydroxylation is 1.